The van der Waals surface area contributed by atoms with Crippen molar-refractivity contribution in [2.45, 2.75) is 4.90 Å². The molecule has 2 aromatic heterocycles. The number of pyridine rings is 1. The number of fused-ring (bicyclic) bond motifs is 2. The molecule has 2 aromatic carbocycles. The van der Waals surface area contributed by atoms with Gasteiger partial charge < -0.3 is 9.26 Å². The zero-order valence-corrected chi connectivity index (χ0v) is 13.9. The third-order valence-corrected chi connectivity index (χ3v) is 5.17. The lowest BCUT2D eigenvalue weighted by molar-refractivity contribution is 0.419. The quantitative estimate of drug-likeness (QED) is 0.604. The molecule has 0 unspecified atom stereocenters. The Morgan fingerprint density at radius 1 is 1.08 bits per heavy atom. The smallest absolute Gasteiger partial charge is 0.265 e. The first kappa shape index (κ1) is 15.4. The van der Waals surface area contributed by atoms with Crippen molar-refractivity contribution in [1.29, 1.82) is 0 Å². The molecule has 4 aromatic rings. The van der Waals surface area contributed by atoms with Gasteiger partial charge in [-0.25, -0.2) is 8.42 Å². The van der Waals surface area contributed by atoms with Crippen LogP contribution in [0.15, 0.2) is 64.1 Å². The Balaban J connectivity index is 1.85. The summed E-state index contributed by atoms with van der Waals surface area (Å²) < 4.78 is 38.7. The number of hydrogen-bond acceptors (Lipinski definition) is 6. The zero-order valence-electron chi connectivity index (χ0n) is 13.1. The summed E-state index contributed by atoms with van der Waals surface area (Å²) in [7, 11) is -2.42. The van der Waals surface area contributed by atoms with E-state index in [1.807, 2.05) is 0 Å². The van der Waals surface area contributed by atoms with E-state index in [0.29, 0.717) is 22.2 Å². The van der Waals surface area contributed by atoms with Gasteiger partial charge in [-0.3, -0.25) is 9.71 Å². The van der Waals surface area contributed by atoms with Gasteiger partial charge in [0.05, 0.1) is 12.6 Å². The number of aromatic nitrogens is 2. The van der Waals surface area contributed by atoms with Crippen LogP contribution >= 0.6 is 0 Å². The summed E-state index contributed by atoms with van der Waals surface area (Å²) in [5.74, 6) is 0.535. The van der Waals surface area contributed by atoms with Crippen molar-refractivity contribution in [3.05, 3.63) is 54.7 Å². The molecule has 1 N–H and O–H groups in total. The molecule has 0 bridgehead atoms. The average Bonchev–Trinajstić information content (AvgIpc) is 3.03. The molecule has 0 aliphatic heterocycles. The van der Waals surface area contributed by atoms with Crippen LogP contribution in [0.5, 0.6) is 5.75 Å². The number of benzene rings is 2. The molecule has 0 amide bonds. The molecule has 0 saturated carbocycles. The first-order chi connectivity index (χ1) is 12.1. The van der Waals surface area contributed by atoms with Crippen LogP contribution in [-0.4, -0.2) is 25.7 Å². The highest BCUT2D eigenvalue weighted by Gasteiger charge is 2.22. The van der Waals surface area contributed by atoms with Crippen LogP contribution in [0.1, 0.15) is 0 Å². The molecule has 2 heterocycles. The second-order valence-electron chi connectivity index (χ2n) is 5.30. The summed E-state index contributed by atoms with van der Waals surface area (Å²) in [4.78, 5) is 4.25. The van der Waals surface area contributed by atoms with E-state index in [-0.39, 0.29) is 10.7 Å². The number of hydrogen-bond donors (Lipinski definition) is 1. The number of nitrogens with zero attached hydrogens (tertiary/aromatic N) is 2. The van der Waals surface area contributed by atoms with Crippen LogP contribution in [0.3, 0.4) is 0 Å². The number of nitrogens with one attached hydrogen (secondary N) is 1. The van der Waals surface area contributed by atoms with Gasteiger partial charge in [0.15, 0.2) is 11.4 Å². The molecule has 4 rings (SSSR count). The Kier molecular flexibility index (Phi) is 3.54. The van der Waals surface area contributed by atoms with E-state index < -0.39 is 10.0 Å². The van der Waals surface area contributed by atoms with Gasteiger partial charge >= 0.3 is 0 Å². The lowest BCUT2D eigenvalue weighted by Gasteiger charge is -2.08. The zero-order chi connectivity index (χ0) is 17.4. The SMILES string of the molecule is COc1cccc2onc(NS(=O)(=O)c3cccc4cccnc34)c12. The molecule has 0 radical (unpaired) electrons. The van der Waals surface area contributed by atoms with E-state index in [4.69, 9.17) is 9.26 Å². The molecule has 8 heteroatoms. The lowest BCUT2D eigenvalue weighted by Crippen LogP contribution is -2.14. The minimum Gasteiger partial charge on any atom is -0.496 e. The van der Waals surface area contributed by atoms with Crippen molar-refractivity contribution in [3.63, 3.8) is 0 Å². The number of rotatable bonds is 4. The summed E-state index contributed by atoms with van der Waals surface area (Å²) in [6.45, 7) is 0. The average molecular weight is 355 g/mol. The second kappa shape index (κ2) is 5.75. The van der Waals surface area contributed by atoms with Crippen molar-refractivity contribution in [3.8, 4) is 5.75 Å². The minimum absolute atomic E-state index is 0.0663. The normalized spacial score (nSPS) is 11.7. The van der Waals surface area contributed by atoms with Gasteiger partial charge in [-0.1, -0.05) is 29.4 Å². The van der Waals surface area contributed by atoms with E-state index >= 15 is 0 Å². The van der Waals surface area contributed by atoms with Gasteiger partial charge in [0.2, 0.25) is 0 Å². The number of methoxy groups -OCH3 is 1. The molecular weight excluding hydrogens is 342 g/mol. The largest absolute Gasteiger partial charge is 0.496 e. The maximum absolute atomic E-state index is 12.9. The summed E-state index contributed by atoms with van der Waals surface area (Å²) in [5.41, 5.74) is 0.811. The van der Waals surface area contributed by atoms with Crippen molar-refractivity contribution in [2.75, 3.05) is 11.8 Å². The Morgan fingerprint density at radius 2 is 1.88 bits per heavy atom. The third kappa shape index (κ3) is 2.56. The van der Waals surface area contributed by atoms with Crippen molar-refractivity contribution in [1.82, 2.24) is 10.1 Å². The van der Waals surface area contributed by atoms with Gasteiger partial charge in [-0.2, -0.15) is 0 Å². The van der Waals surface area contributed by atoms with Crippen LogP contribution in [0, 0.1) is 0 Å². The van der Waals surface area contributed by atoms with E-state index in [9.17, 15) is 8.42 Å². The molecule has 126 valence electrons. The number of sulfonamides is 1. The van der Waals surface area contributed by atoms with Gasteiger partial charge in [-0.15, -0.1) is 0 Å². The van der Waals surface area contributed by atoms with Gasteiger partial charge in [-0.05, 0) is 24.3 Å². The fraction of sp³-hybridized carbons (Fsp3) is 0.0588. The first-order valence-corrected chi connectivity index (χ1v) is 8.87. The summed E-state index contributed by atoms with van der Waals surface area (Å²) in [6, 6.07) is 13.6. The van der Waals surface area contributed by atoms with E-state index in [0.717, 1.165) is 5.39 Å². The summed E-state index contributed by atoms with van der Waals surface area (Å²) in [6.07, 6.45) is 1.55. The first-order valence-electron chi connectivity index (χ1n) is 7.39. The second-order valence-corrected chi connectivity index (χ2v) is 6.95. The van der Waals surface area contributed by atoms with E-state index in [1.165, 1.54) is 13.2 Å². The van der Waals surface area contributed by atoms with Crippen molar-refractivity contribution in [2.24, 2.45) is 0 Å². The minimum atomic E-state index is -3.92. The molecule has 0 atom stereocenters. The highest BCUT2D eigenvalue weighted by Crippen LogP contribution is 2.33. The monoisotopic (exact) mass is 355 g/mol. The maximum Gasteiger partial charge on any atom is 0.265 e. The molecule has 0 aliphatic carbocycles. The maximum atomic E-state index is 12.9. The molecule has 7 nitrogen and oxygen atoms in total. The van der Waals surface area contributed by atoms with Crippen LogP contribution in [0.4, 0.5) is 5.82 Å². The third-order valence-electron chi connectivity index (χ3n) is 3.80. The van der Waals surface area contributed by atoms with E-state index in [2.05, 4.69) is 14.9 Å². The summed E-state index contributed by atoms with van der Waals surface area (Å²) >= 11 is 0. The molecule has 25 heavy (non-hydrogen) atoms. The molecular formula is C17H13N3O4S. The van der Waals surface area contributed by atoms with Crippen LogP contribution in [0.2, 0.25) is 0 Å². The van der Waals surface area contributed by atoms with Gasteiger partial charge in [0.1, 0.15) is 16.0 Å². The molecule has 0 saturated heterocycles. The van der Waals surface area contributed by atoms with Crippen LogP contribution in [-0.2, 0) is 10.0 Å². The molecule has 0 aliphatic rings. The highest BCUT2D eigenvalue weighted by molar-refractivity contribution is 7.93. The van der Waals surface area contributed by atoms with Gasteiger partial charge in [0, 0.05) is 11.6 Å². The fourth-order valence-electron chi connectivity index (χ4n) is 2.68. The predicted molar refractivity (Wildman–Crippen MR) is 93.1 cm³/mol. The number of para-hydroxylation sites is 1. The summed E-state index contributed by atoms with van der Waals surface area (Å²) in [5, 5.41) is 5.02. The number of anilines is 1. The van der Waals surface area contributed by atoms with E-state index in [1.54, 1.807) is 48.7 Å². The number of ether oxygens (including phenoxy) is 1. The fourth-order valence-corrected chi connectivity index (χ4v) is 3.86. The Bertz CT molecular complexity index is 1180. The standard InChI is InChI=1S/C17H13N3O4S/c1-23-12-7-3-8-13-15(12)17(19-24-13)20-25(21,22)14-9-2-5-11-6-4-10-18-16(11)14/h2-10H,1H3,(H,19,20). The highest BCUT2D eigenvalue weighted by atomic mass is 32.2. The Morgan fingerprint density at radius 3 is 2.72 bits per heavy atom. The molecule has 0 fully saturated rings. The van der Waals surface area contributed by atoms with Crippen LogP contribution in [0.25, 0.3) is 21.9 Å². The Hall–Kier alpha value is -3.13. The van der Waals surface area contributed by atoms with Crippen molar-refractivity contribution < 1.29 is 17.7 Å². The van der Waals surface area contributed by atoms with Crippen molar-refractivity contribution >= 4 is 37.7 Å². The predicted octanol–water partition coefficient (Wildman–Crippen LogP) is 3.19. The topological polar surface area (TPSA) is 94.3 Å². The van der Waals surface area contributed by atoms with Gasteiger partial charge in [0.25, 0.3) is 10.0 Å². The Labute approximate surface area is 143 Å². The lowest BCUT2D eigenvalue weighted by atomic mass is 10.2. The van der Waals surface area contributed by atoms with Crippen LogP contribution < -0.4 is 9.46 Å². The molecule has 0 spiro atoms.